The van der Waals surface area contributed by atoms with Gasteiger partial charge in [-0.05, 0) is 37.8 Å². The van der Waals surface area contributed by atoms with Gasteiger partial charge in [-0.3, -0.25) is 4.90 Å². The Bertz CT molecular complexity index is 202. The van der Waals surface area contributed by atoms with Gasteiger partial charge in [0, 0.05) is 19.1 Å². The van der Waals surface area contributed by atoms with E-state index in [1.54, 1.807) is 0 Å². The zero-order valence-electron chi connectivity index (χ0n) is 10.7. The predicted molar refractivity (Wildman–Crippen MR) is 66.6 cm³/mol. The quantitative estimate of drug-likeness (QED) is 0.766. The van der Waals surface area contributed by atoms with Crippen molar-refractivity contribution in [3.05, 3.63) is 0 Å². The highest BCUT2D eigenvalue weighted by atomic mass is 16.5. The van der Waals surface area contributed by atoms with Crippen molar-refractivity contribution in [1.82, 2.24) is 10.2 Å². The molecule has 2 aliphatic rings. The minimum atomic E-state index is 0.766. The average Bonchev–Trinajstić information content (AvgIpc) is 2.24. The molecule has 94 valence electrons. The lowest BCUT2D eigenvalue weighted by Crippen LogP contribution is -2.54. The average molecular weight is 226 g/mol. The highest BCUT2D eigenvalue weighted by molar-refractivity contribution is 4.90. The van der Waals surface area contributed by atoms with Gasteiger partial charge in [0.15, 0.2) is 0 Å². The Labute approximate surface area is 99.5 Å². The zero-order chi connectivity index (χ0) is 11.4. The molecule has 2 unspecified atom stereocenters. The number of hydrogen-bond acceptors (Lipinski definition) is 3. The minimum Gasteiger partial charge on any atom is -0.379 e. The second-order valence-corrected chi connectivity index (χ2v) is 5.61. The van der Waals surface area contributed by atoms with Crippen LogP contribution in [0.3, 0.4) is 0 Å². The highest BCUT2D eigenvalue weighted by Gasteiger charge is 2.35. The molecule has 1 heterocycles. The number of nitrogens with zero attached hydrogens (tertiary/aromatic N) is 1. The standard InChI is InChI=1S/C13H26N2O/c1-11(2)9-14-10-12-3-4-13(12)15-5-7-16-8-6-15/h11-14H,3-10H2,1-2H3. The normalized spacial score (nSPS) is 31.7. The highest BCUT2D eigenvalue weighted by Crippen LogP contribution is 2.32. The van der Waals surface area contributed by atoms with Gasteiger partial charge in [-0.1, -0.05) is 13.8 Å². The molecule has 0 aromatic carbocycles. The molecule has 3 nitrogen and oxygen atoms in total. The Morgan fingerprint density at radius 2 is 2.00 bits per heavy atom. The summed E-state index contributed by atoms with van der Waals surface area (Å²) in [5.41, 5.74) is 0. The fraction of sp³-hybridized carbons (Fsp3) is 1.00. The van der Waals surface area contributed by atoms with E-state index >= 15 is 0 Å². The van der Waals surface area contributed by atoms with Crippen molar-refractivity contribution in [3.8, 4) is 0 Å². The molecule has 0 spiro atoms. The zero-order valence-corrected chi connectivity index (χ0v) is 10.7. The summed E-state index contributed by atoms with van der Waals surface area (Å²) >= 11 is 0. The Kier molecular flexibility index (Phi) is 4.62. The summed E-state index contributed by atoms with van der Waals surface area (Å²) < 4.78 is 5.41. The van der Waals surface area contributed by atoms with Crippen LogP contribution < -0.4 is 5.32 Å². The summed E-state index contributed by atoms with van der Waals surface area (Å²) in [6.07, 6.45) is 2.81. The number of rotatable bonds is 5. The van der Waals surface area contributed by atoms with Crippen molar-refractivity contribution < 1.29 is 4.74 Å². The van der Waals surface area contributed by atoms with Gasteiger partial charge in [0.05, 0.1) is 13.2 Å². The van der Waals surface area contributed by atoms with E-state index in [0.29, 0.717) is 0 Å². The second kappa shape index (κ2) is 5.99. The first-order valence-electron chi connectivity index (χ1n) is 6.80. The van der Waals surface area contributed by atoms with Gasteiger partial charge in [0.2, 0.25) is 0 Å². The van der Waals surface area contributed by atoms with Crippen LogP contribution in [-0.2, 0) is 4.74 Å². The number of ether oxygens (including phenoxy) is 1. The van der Waals surface area contributed by atoms with E-state index < -0.39 is 0 Å². The largest absolute Gasteiger partial charge is 0.379 e. The van der Waals surface area contributed by atoms with Gasteiger partial charge in [-0.2, -0.15) is 0 Å². The van der Waals surface area contributed by atoms with Crippen molar-refractivity contribution >= 4 is 0 Å². The Morgan fingerprint density at radius 1 is 1.25 bits per heavy atom. The van der Waals surface area contributed by atoms with Crippen molar-refractivity contribution in [2.24, 2.45) is 11.8 Å². The number of hydrogen-bond donors (Lipinski definition) is 1. The minimum absolute atomic E-state index is 0.766. The monoisotopic (exact) mass is 226 g/mol. The molecule has 2 atom stereocenters. The van der Waals surface area contributed by atoms with E-state index in [-0.39, 0.29) is 0 Å². The first-order valence-corrected chi connectivity index (χ1v) is 6.80. The molecule has 0 bridgehead atoms. The fourth-order valence-corrected chi connectivity index (χ4v) is 2.74. The van der Waals surface area contributed by atoms with E-state index in [4.69, 9.17) is 4.74 Å². The van der Waals surface area contributed by atoms with Crippen molar-refractivity contribution in [2.75, 3.05) is 39.4 Å². The van der Waals surface area contributed by atoms with Crippen LogP contribution in [0.25, 0.3) is 0 Å². The maximum absolute atomic E-state index is 5.41. The summed E-state index contributed by atoms with van der Waals surface area (Å²) in [5, 5.41) is 3.60. The molecular formula is C13H26N2O. The van der Waals surface area contributed by atoms with Gasteiger partial charge < -0.3 is 10.1 Å². The van der Waals surface area contributed by atoms with Gasteiger partial charge in [0.25, 0.3) is 0 Å². The van der Waals surface area contributed by atoms with Crippen LogP contribution in [-0.4, -0.2) is 50.3 Å². The SMILES string of the molecule is CC(C)CNCC1CCC1N1CCOCC1. The molecule has 1 aliphatic carbocycles. The number of morpholine rings is 1. The van der Waals surface area contributed by atoms with Gasteiger partial charge >= 0.3 is 0 Å². The molecule has 1 saturated carbocycles. The summed E-state index contributed by atoms with van der Waals surface area (Å²) in [4.78, 5) is 2.63. The van der Waals surface area contributed by atoms with E-state index in [2.05, 4.69) is 24.1 Å². The molecule has 1 N–H and O–H groups in total. The maximum atomic E-state index is 5.41. The van der Waals surface area contributed by atoms with Crippen LogP contribution in [0, 0.1) is 11.8 Å². The van der Waals surface area contributed by atoms with Crippen molar-refractivity contribution in [1.29, 1.82) is 0 Å². The summed E-state index contributed by atoms with van der Waals surface area (Å²) in [6.45, 7) is 11.1. The van der Waals surface area contributed by atoms with E-state index in [1.165, 1.54) is 19.4 Å². The van der Waals surface area contributed by atoms with Crippen LogP contribution in [0.4, 0.5) is 0 Å². The molecule has 1 saturated heterocycles. The number of nitrogens with one attached hydrogen (secondary N) is 1. The summed E-state index contributed by atoms with van der Waals surface area (Å²) in [7, 11) is 0. The molecular weight excluding hydrogens is 200 g/mol. The molecule has 0 amide bonds. The molecule has 0 radical (unpaired) electrons. The fourth-order valence-electron chi connectivity index (χ4n) is 2.74. The third kappa shape index (κ3) is 3.19. The Balaban J connectivity index is 1.66. The molecule has 0 aromatic heterocycles. The first-order chi connectivity index (χ1) is 7.77. The smallest absolute Gasteiger partial charge is 0.0594 e. The van der Waals surface area contributed by atoms with Crippen molar-refractivity contribution in [2.45, 2.75) is 32.7 Å². The van der Waals surface area contributed by atoms with Crippen molar-refractivity contribution in [3.63, 3.8) is 0 Å². The third-order valence-electron chi connectivity index (χ3n) is 3.85. The van der Waals surface area contributed by atoms with Crippen LogP contribution in [0.2, 0.25) is 0 Å². The lowest BCUT2D eigenvalue weighted by molar-refractivity contribution is -0.0250. The van der Waals surface area contributed by atoms with Gasteiger partial charge in [-0.15, -0.1) is 0 Å². The summed E-state index contributed by atoms with van der Waals surface area (Å²) in [6, 6.07) is 0.837. The Morgan fingerprint density at radius 3 is 2.56 bits per heavy atom. The van der Waals surface area contributed by atoms with E-state index in [9.17, 15) is 0 Å². The lowest BCUT2D eigenvalue weighted by Gasteiger charge is -2.46. The van der Waals surface area contributed by atoms with Crippen LogP contribution in [0.15, 0.2) is 0 Å². The maximum Gasteiger partial charge on any atom is 0.0594 e. The molecule has 1 aliphatic heterocycles. The third-order valence-corrected chi connectivity index (χ3v) is 3.85. The molecule has 2 rings (SSSR count). The van der Waals surface area contributed by atoms with Gasteiger partial charge in [-0.25, -0.2) is 0 Å². The second-order valence-electron chi connectivity index (χ2n) is 5.61. The van der Waals surface area contributed by atoms with E-state index in [0.717, 1.165) is 50.7 Å². The molecule has 16 heavy (non-hydrogen) atoms. The topological polar surface area (TPSA) is 24.5 Å². The summed E-state index contributed by atoms with van der Waals surface area (Å²) in [5.74, 6) is 1.65. The van der Waals surface area contributed by atoms with E-state index in [1.807, 2.05) is 0 Å². The lowest BCUT2D eigenvalue weighted by atomic mass is 9.78. The van der Waals surface area contributed by atoms with Crippen LogP contribution in [0.5, 0.6) is 0 Å². The first kappa shape index (κ1) is 12.3. The predicted octanol–water partition coefficient (Wildman–Crippen LogP) is 1.34. The molecule has 3 heteroatoms. The van der Waals surface area contributed by atoms with Crippen LogP contribution in [0.1, 0.15) is 26.7 Å². The Hall–Kier alpha value is -0.120. The van der Waals surface area contributed by atoms with Crippen LogP contribution >= 0.6 is 0 Å². The van der Waals surface area contributed by atoms with Gasteiger partial charge in [0.1, 0.15) is 0 Å². The molecule has 0 aromatic rings. The molecule has 2 fully saturated rings.